The third-order valence-corrected chi connectivity index (χ3v) is 3.49. The highest BCUT2D eigenvalue weighted by Crippen LogP contribution is 2.21. The van der Waals surface area contributed by atoms with E-state index in [9.17, 15) is 9.59 Å². The summed E-state index contributed by atoms with van der Waals surface area (Å²) in [4.78, 5) is 23.4. The summed E-state index contributed by atoms with van der Waals surface area (Å²) in [6, 6.07) is 5.25. The van der Waals surface area contributed by atoms with E-state index in [4.69, 9.17) is 9.84 Å². The number of rotatable bonds is 4. The molecule has 0 aliphatic heterocycles. The molecule has 2 aromatic rings. The number of carboxylic acid groups (broad SMARTS) is 1. The summed E-state index contributed by atoms with van der Waals surface area (Å²) in [5.41, 5.74) is 1.51. The SMILES string of the molecule is Cc1c(CC(=O)O)c(=O)c2ccc(OC(C)C)cc2n1C. The fourth-order valence-electron chi connectivity index (χ4n) is 2.40. The quantitative estimate of drug-likeness (QED) is 0.937. The number of carboxylic acids is 1. The first-order valence-electron chi connectivity index (χ1n) is 6.82. The zero-order valence-corrected chi connectivity index (χ0v) is 12.6. The number of ether oxygens (including phenoxy) is 1. The zero-order valence-electron chi connectivity index (χ0n) is 12.6. The van der Waals surface area contributed by atoms with E-state index in [0.29, 0.717) is 22.4 Å². The van der Waals surface area contributed by atoms with Gasteiger partial charge in [-0.05, 0) is 32.9 Å². The van der Waals surface area contributed by atoms with Crippen molar-refractivity contribution >= 4 is 16.9 Å². The topological polar surface area (TPSA) is 68.5 Å². The molecule has 1 heterocycles. The molecule has 0 atom stereocenters. The van der Waals surface area contributed by atoms with Crippen LogP contribution in [0.1, 0.15) is 25.1 Å². The van der Waals surface area contributed by atoms with Gasteiger partial charge >= 0.3 is 5.97 Å². The van der Waals surface area contributed by atoms with E-state index in [1.165, 1.54) is 0 Å². The first-order chi connectivity index (χ1) is 9.81. The van der Waals surface area contributed by atoms with Gasteiger partial charge in [0.15, 0.2) is 5.43 Å². The Morgan fingerprint density at radius 1 is 1.38 bits per heavy atom. The van der Waals surface area contributed by atoms with E-state index in [0.717, 1.165) is 5.52 Å². The number of aromatic nitrogens is 1. The summed E-state index contributed by atoms with van der Waals surface area (Å²) in [5, 5.41) is 9.46. The van der Waals surface area contributed by atoms with E-state index in [1.807, 2.05) is 31.5 Å². The number of benzene rings is 1. The molecule has 21 heavy (non-hydrogen) atoms. The van der Waals surface area contributed by atoms with Crippen LogP contribution >= 0.6 is 0 Å². The Morgan fingerprint density at radius 3 is 2.62 bits per heavy atom. The molecule has 0 bridgehead atoms. The Morgan fingerprint density at radius 2 is 2.05 bits per heavy atom. The highest BCUT2D eigenvalue weighted by molar-refractivity contribution is 5.83. The summed E-state index contributed by atoms with van der Waals surface area (Å²) in [6.45, 7) is 5.63. The van der Waals surface area contributed by atoms with E-state index in [2.05, 4.69) is 0 Å². The number of aliphatic carboxylic acids is 1. The Labute approximate surface area is 122 Å². The van der Waals surface area contributed by atoms with E-state index in [1.54, 1.807) is 19.1 Å². The van der Waals surface area contributed by atoms with Crippen molar-refractivity contribution in [1.82, 2.24) is 4.57 Å². The molecule has 0 saturated carbocycles. The van der Waals surface area contributed by atoms with Crippen LogP contribution < -0.4 is 10.2 Å². The predicted molar refractivity (Wildman–Crippen MR) is 81.0 cm³/mol. The molecule has 0 amide bonds. The van der Waals surface area contributed by atoms with E-state index < -0.39 is 5.97 Å². The second kappa shape index (κ2) is 5.60. The second-order valence-corrected chi connectivity index (χ2v) is 5.37. The molecule has 0 radical (unpaired) electrons. The third-order valence-electron chi connectivity index (χ3n) is 3.49. The smallest absolute Gasteiger partial charge is 0.308 e. The standard InChI is InChI=1S/C16H19NO4/c1-9(2)21-11-5-6-12-14(7-11)17(4)10(3)13(16(12)20)8-15(18)19/h5-7,9H,8H2,1-4H3,(H,18,19). The van der Waals surface area contributed by atoms with Crippen molar-refractivity contribution < 1.29 is 14.6 Å². The van der Waals surface area contributed by atoms with Gasteiger partial charge in [0.25, 0.3) is 0 Å². The van der Waals surface area contributed by atoms with Gasteiger partial charge in [-0.2, -0.15) is 0 Å². The highest BCUT2D eigenvalue weighted by atomic mass is 16.5. The minimum absolute atomic E-state index is 0.0480. The molecular weight excluding hydrogens is 270 g/mol. The molecular formula is C16H19NO4. The Kier molecular flexibility index (Phi) is 4.02. The van der Waals surface area contributed by atoms with Crippen LogP contribution in [0.5, 0.6) is 5.75 Å². The van der Waals surface area contributed by atoms with Crippen LogP contribution in [0.15, 0.2) is 23.0 Å². The summed E-state index contributed by atoms with van der Waals surface area (Å²) < 4.78 is 7.48. The number of aryl methyl sites for hydroxylation is 1. The molecule has 0 unspecified atom stereocenters. The number of carbonyl (C=O) groups is 1. The van der Waals surface area contributed by atoms with Crippen LogP contribution in [0.3, 0.4) is 0 Å². The van der Waals surface area contributed by atoms with Gasteiger partial charge in [-0.3, -0.25) is 9.59 Å². The fourth-order valence-corrected chi connectivity index (χ4v) is 2.40. The maximum atomic E-state index is 12.5. The van der Waals surface area contributed by atoms with Crippen molar-refractivity contribution in [2.45, 2.75) is 33.3 Å². The van der Waals surface area contributed by atoms with Gasteiger partial charge in [0.2, 0.25) is 0 Å². The molecule has 5 nitrogen and oxygen atoms in total. The van der Waals surface area contributed by atoms with Crippen LogP contribution in [0, 0.1) is 6.92 Å². The molecule has 0 spiro atoms. The van der Waals surface area contributed by atoms with Crippen molar-refractivity contribution in [2.75, 3.05) is 0 Å². The summed E-state index contributed by atoms with van der Waals surface area (Å²) in [5.74, 6) is -0.313. The number of nitrogens with zero attached hydrogens (tertiary/aromatic N) is 1. The van der Waals surface area contributed by atoms with Crippen molar-refractivity contribution in [3.8, 4) is 5.75 Å². The van der Waals surface area contributed by atoms with Crippen molar-refractivity contribution in [1.29, 1.82) is 0 Å². The lowest BCUT2D eigenvalue weighted by atomic mass is 10.1. The Hall–Kier alpha value is -2.30. The van der Waals surface area contributed by atoms with Gasteiger partial charge in [0, 0.05) is 29.8 Å². The molecule has 2 rings (SSSR count). The van der Waals surface area contributed by atoms with Gasteiger partial charge in [-0.15, -0.1) is 0 Å². The monoisotopic (exact) mass is 289 g/mol. The second-order valence-electron chi connectivity index (χ2n) is 5.37. The van der Waals surface area contributed by atoms with Crippen LogP contribution in [0.25, 0.3) is 10.9 Å². The van der Waals surface area contributed by atoms with Gasteiger partial charge < -0.3 is 14.4 Å². The Balaban J connectivity index is 2.69. The van der Waals surface area contributed by atoms with Crippen LogP contribution in [-0.4, -0.2) is 21.7 Å². The number of pyridine rings is 1. The maximum Gasteiger partial charge on any atom is 0.308 e. The van der Waals surface area contributed by atoms with E-state index >= 15 is 0 Å². The largest absolute Gasteiger partial charge is 0.491 e. The molecule has 0 fully saturated rings. The lowest BCUT2D eigenvalue weighted by Gasteiger charge is -2.15. The Bertz CT molecular complexity index is 759. The average Bonchev–Trinajstić information content (AvgIpc) is 2.40. The molecule has 5 heteroatoms. The normalized spacial score (nSPS) is 11.1. The summed E-state index contributed by atoms with van der Waals surface area (Å²) in [6.07, 6.45) is -0.217. The van der Waals surface area contributed by atoms with Gasteiger partial charge in [-0.25, -0.2) is 0 Å². The fraction of sp³-hybridized carbons (Fsp3) is 0.375. The summed E-state index contributed by atoms with van der Waals surface area (Å²) in [7, 11) is 1.82. The van der Waals surface area contributed by atoms with Gasteiger partial charge in [0.05, 0.1) is 18.0 Å². The zero-order chi connectivity index (χ0) is 15.7. The summed E-state index contributed by atoms with van der Waals surface area (Å²) >= 11 is 0. The minimum atomic E-state index is -1.01. The molecule has 1 aromatic carbocycles. The lowest BCUT2D eigenvalue weighted by molar-refractivity contribution is -0.136. The van der Waals surface area contributed by atoms with Crippen molar-refractivity contribution in [3.05, 3.63) is 39.7 Å². The maximum absolute atomic E-state index is 12.5. The predicted octanol–water partition coefficient (Wildman–Crippen LogP) is 2.26. The minimum Gasteiger partial charge on any atom is -0.491 e. The number of fused-ring (bicyclic) bond motifs is 1. The molecule has 0 saturated heterocycles. The number of hydrogen-bond donors (Lipinski definition) is 1. The molecule has 0 aliphatic carbocycles. The van der Waals surface area contributed by atoms with Gasteiger partial charge in [0.1, 0.15) is 5.75 Å². The molecule has 112 valence electrons. The average molecular weight is 289 g/mol. The number of hydrogen-bond acceptors (Lipinski definition) is 3. The molecule has 1 aromatic heterocycles. The van der Waals surface area contributed by atoms with Crippen molar-refractivity contribution in [2.24, 2.45) is 7.05 Å². The van der Waals surface area contributed by atoms with Crippen LogP contribution in [-0.2, 0) is 18.3 Å². The highest BCUT2D eigenvalue weighted by Gasteiger charge is 2.15. The molecule has 0 aliphatic rings. The van der Waals surface area contributed by atoms with E-state index in [-0.39, 0.29) is 18.0 Å². The van der Waals surface area contributed by atoms with Gasteiger partial charge in [-0.1, -0.05) is 0 Å². The van der Waals surface area contributed by atoms with Crippen molar-refractivity contribution in [3.63, 3.8) is 0 Å². The first kappa shape index (κ1) is 15.1. The molecule has 1 N–H and O–H groups in total. The van der Waals surface area contributed by atoms with Crippen LogP contribution in [0.4, 0.5) is 0 Å². The van der Waals surface area contributed by atoms with Crippen LogP contribution in [0.2, 0.25) is 0 Å². The lowest BCUT2D eigenvalue weighted by Crippen LogP contribution is -2.20. The third kappa shape index (κ3) is 2.91. The first-order valence-corrected chi connectivity index (χ1v) is 6.82.